The molecule has 0 atom stereocenters. The summed E-state index contributed by atoms with van der Waals surface area (Å²) in [5.74, 6) is -0.389. The van der Waals surface area contributed by atoms with Gasteiger partial charge in [-0.2, -0.15) is 0 Å². The Labute approximate surface area is 117 Å². The molecule has 7 heteroatoms. The minimum absolute atomic E-state index is 0.0878. The lowest BCUT2D eigenvalue weighted by Crippen LogP contribution is -2.33. The van der Waals surface area contributed by atoms with Gasteiger partial charge in [0.25, 0.3) is 5.91 Å². The molecule has 0 radical (unpaired) electrons. The van der Waals surface area contributed by atoms with Crippen molar-refractivity contribution in [2.45, 2.75) is 0 Å². The van der Waals surface area contributed by atoms with E-state index >= 15 is 0 Å². The summed E-state index contributed by atoms with van der Waals surface area (Å²) >= 11 is 0. The largest absolute Gasteiger partial charge is 0.361 e. The first kappa shape index (κ1) is 14.5. The average Bonchev–Trinajstić information content (AvgIpc) is 2.85. The zero-order valence-electron chi connectivity index (χ0n) is 11.4. The maximum absolute atomic E-state index is 11.9. The van der Waals surface area contributed by atoms with Gasteiger partial charge in [0.1, 0.15) is 0 Å². The van der Waals surface area contributed by atoms with Crippen molar-refractivity contribution in [3.05, 3.63) is 36.0 Å². The quantitative estimate of drug-likeness (QED) is 0.855. The van der Waals surface area contributed by atoms with Gasteiger partial charge in [0.15, 0.2) is 0 Å². The van der Waals surface area contributed by atoms with Crippen LogP contribution in [0.15, 0.2) is 30.5 Å². The first-order chi connectivity index (χ1) is 9.40. The van der Waals surface area contributed by atoms with Gasteiger partial charge in [-0.05, 0) is 24.3 Å². The Morgan fingerprint density at radius 2 is 2.05 bits per heavy atom. The van der Waals surface area contributed by atoms with Crippen LogP contribution in [0, 0.1) is 0 Å². The van der Waals surface area contributed by atoms with E-state index < -0.39 is 10.0 Å². The molecule has 2 aromatic rings. The molecular formula is C13H17N3O3S. The minimum Gasteiger partial charge on any atom is -0.361 e. The highest BCUT2D eigenvalue weighted by Crippen LogP contribution is 2.14. The fraction of sp³-hybridized carbons (Fsp3) is 0.308. The number of fused-ring (bicyclic) bond motifs is 1. The third kappa shape index (κ3) is 3.17. The van der Waals surface area contributed by atoms with E-state index in [2.05, 4.69) is 10.3 Å². The molecule has 1 aromatic carbocycles. The fourth-order valence-corrected chi connectivity index (χ4v) is 2.50. The van der Waals surface area contributed by atoms with Gasteiger partial charge in [0, 0.05) is 43.3 Å². The summed E-state index contributed by atoms with van der Waals surface area (Å²) in [6, 6.07) is 7.17. The first-order valence-corrected chi connectivity index (χ1v) is 7.76. The van der Waals surface area contributed by atoms with Crippen LogP contribution < -0.4 is 5.32 Å². The van der Waals surface area contributed by atoms with E-state index in [1.807, 2.05) is 12.1 Å². The molecule has 1 heterocycles. The molecule has 0 aliphatic rings. The smallest absolute Gasteiger partial charge is 0.251 e. The van der Waals surface area contributed by atoms with Gasteiger partial charge >= 0.3 is 0 Å². The number of nitrogens with one attached hydrogen (secondary N) is 2. The van der Waals surface area contributed by atoms with E-state index in [0.29, 0.717) is 5.56 Å². The highest BCUT2D eigenvalue weighted by atomic mass is 32.2. The summed E-state index contributed by atoms with van der Waals surface area (Å²) in [6.45, 7) is 0.0878. The van der Waals surface area contributed by atoms with Gasteiger partial charge in [0.05, 0.1) is 5.75 Å². The number of aromatic amines is 1. The second kappa shape index (κ2) is 5.64. The molecule has 0 unspecified atom stereocenters. The molecule has 6 nitrogen and oxygen atoms in total. The summed E-state index contributed by atoms with van der Waals surface area (Å²) in [6.07, 6.45) is 1.80. The number of H-pyrrole nitrogens is 1. The monoisotopic (exact) mass is 295 g/mol. The summed E-state index contributed by atoms with van der Waals surface area (Å²) in [7, 11) is -0.350. The van der Waals surface area contributed by atoms with Gasteiger partial charge in [-0.15, -0.1) is 0 Å². The standard InChI is InChI=1S/C13H17N3O3S/c1-16(2)20(18,19)8-7-15-13(17)11-3-4-12-10(9-11)5-6-14-12/h3-6,9,14H,7-8H2,1-2H3,(H,15,17). The number of nitrogens with zero attached hydrogens (tertiary/aromatic N) is 1. The van der Waals surface area contributed by atoms with Crippen molar-refractivity contribution in [3.8, 4) is 0 Å². The molecule has 0 aliphatic heterocycles. The zero-order chi connectivity index (χ0) is 14.8. The van der Waals surface area contributed by atoms with E-state index in [1.165, 1.54) is 14.1 Å². The maximum atomic E-state index is 11.9. The van der Waals surface area contributed by atoms with Crippen molar-refractivity contribution in [3.63, 3.8) is 0 Å². The zero-order valence-corrected chi connectivity index (χ0v) is 12.2. The van der Waals surface area contributed by atoms with Gasteiger partial charge in [-0.1, -0.05) is 0 Å². The van der Waals surface area contributed by atoms with Crippen molar-refractivity contribution in [2.75, 3.05) is 26.4 Å². The predicted molar refractivity (Wildman–Crippen MR) is 78.1 cm³/mol. The minimum atomic E-state index is -3.29. The molecule has 20 heavy (non-hydrogen) atoms. The molecule has 1 amide bonds. The van der Waals surface area contributed by atoms with Crippen LogP contribution in [-0.2, 0) is 10.0 Å². The Morgan fingerprint density at radius 3 is 2.75 bits per heavy atom. The van der Waals surface area contributed by atoms with Crippen LogP contribution in [-0.4, -0.2) is 50.0 Å². The highest BCUT2D eigenvalue weighted by Gasteiger charge is 2.14. The third-order valence-corrected chi connectivity index (χ3v) is 4.85. The van der Waals surface area contributed by atoms with Crippen LogP contribution in [0.2, 0.25) is 0 Å². The second-order valence-corrected chi connectivity index (χ2v) is 6.94. The second-order valence-electron chi connectivity index (χ2n) is 4.63. The van der Waals surface area contributed by atoms with E-state index in [4.69, 9.17) is 0 Å². The van der Waals surface area contributed by atoms with Crippen LogP contribution in [0.25, 0.3) is 10.9 Å². The van der Waals surface area contributed by atoms with E-state index in [-0.39, 0.29) is 18.2 Å². The molecule has 0 aliphatic carbocycles. The predicted octanol–water partition coefficient (Wildman–Crippen LogP) is 0.789. The Balaban J connectivity index is 1.98. The topological polar surface area (TPSA) is 82.3 Å². The summed E-state index contributed by atoms with van der Waals surface area (Å²) in [5, 5.41) is 3.55. The van der Waals surface area contributed by atoms with E-state index in [0.717, 1.165) is 15.2 Å². The molecule has 2 N–H and O–H groups in total. The van der Waals surface area contributed by atoms with Crippen LogP contribution in [0.5, 0.6) is 0 Å². The highest BCUT2D eigenvalue weighted by molar-refractivity contribution is 7.89. The van der Waals surface area contributed by atoms with Crippen LogP contribution in [0.3, 0.4) is 0 Å². The van der Waals surface area contributed by atoms with Crippen molar-refractivity contribution < 1.29 is 13.2 Å². The lowest BCUT2D eigenvalue weighted by Gasteiger charge is -2.11. The number of carbonyl (C=O) groups is 1. The summed E-state index contributed by atoms with van der Waals surface area (Å²) < 4.78 is 24.3. The number of rotatable bonds is 5. The Bertz CT molecular complexity index is 719. The maximum Gasteiger partial charge on any atom is 0.251 e. The van der Waals surface area contributed by atoms with E-state index in [1.54, 1.807) is 18.3 Å². The number of aromatic nitrogens is 1. The molecule has 0 saturated carbocycles. The molecule has 0 bridgehead atoms. The van der Waals surface area contributed by atoms with Gasteiger partial charge in [-0.25, -0.2) is 12.7 Å². The average molecular weight is 295 g/mol. The Morgan fingerprint density at radius 1 is 1.30 bits per heavy atom. The van der Waals surface area contributed by atoms with Crippen molar-refractivity contribution in [1.82, 2.24) is 14.6 Å². The Kier molecular flexibility index (Phi) is 4.10. The number of sulfonamides is 1. The normalized spacial score (nSPS) is 11.9. The number of benzene rings is 1. The summed E-state index contributed by atoms with van der Waals surface area (Å²) in [5.41, 5.74) is 1.47. The van der Waals surface area contributed by atoms with Crippen LogP contribution >= 0.6 is 0 Å². The van der Waals surface area contributed by atoms with Crippen molar-refractivity contribution in [2.24, 2.45) is 0 Å². The lowest BCUT2D eigenvalue weighted by atomic mass is 10.1. The molecular weight excluding hydrogens is 278 g/mol. The lowest BCUT2D eigenvalue weighted by molar-refractivity contribution is 0.0956. The number of amides is 1. The van der Waals surface area contributed by atoms with E-state index in [9.17, 15) is 13.2 Å². The third-order valence-electron chi connectivity index (χ3n) is 3.02. The molecule has 2 rings (SSSR count). The molecule has 1 aromatic heterocycles. The fourth-order valence-electron chi connectivity index (χ4n) is 1.77. The van der Waals surface area contributed by atoms with Crippen molar-refractivity contribution >= 4 is 26.8 Å². The molecule has 108 valence electrons. The Hall–Kier alpha value is -1.86. The number of hydrogen-bond donors (Lipinski definition) is 2. The van der Waals surface area contributed by atoms with Gasteiger partial charge in [0.2, 0.25) is 10.0 Å². The van der Waals surface area contributed by atoms with Gasteiger partial charge in [-0.3, -0.25) is 4.79 Å². The molecule has 0 saturated heterocycles. The summed E-state index contributed by atoms with van der Waals surface area (Å²) in [4.78, 5) is 15.0. The first-order valence-electron chi connectivity index (χ1n) is 6.16. The molecule has 0 spiro atoms. The van der Waals surface area contributed by atoms with Crippen LogP contribution in [0.1, 0.15) is 10.4 Å². The van der Waals surface area contributed by atoms with Crippen LogP contribution in [0.4, 0.5) is 0 Å². The SMILES string of the molecule is CN(C)S(=O)(=O)CCNC(=O)c1ccc2[nH]ccc2c1. The number of carbonyl (C=O) groups excluding carboxylic acids is 1. The molecule has 0 fully saturated rings. The number of hydrogen-bond acceptors (Lipinski definition) is 3. The van der Waals surface area contributed by atoms with Crippen molar-refractivity contribution in [1.29, 1.82) is 0 Å². The van der Waals surface area contributed by atoms with Gasteiger partial charge < -0.3 is 10.3 Å².